The van der Waals surface area contributed by atoms with Crippen LogP contribution in [0.1, 0.15) is 36.6 Å². The quantitative estimate of drug-likeness (QED) is 0.789. The summed E-state index contributed by atoms with van der Waals surface area (Å²) in [5, 5.41) is 11.9. The van der Waals surface area contributed by atoms with Gasteiger partial charge in [-0.1, -0.05) is 6.92 Å². The van der Waals surface area contributed by atoms with E-state index in [1.165, 1.54) is 6.07 Å². The lowest BCUT2D eigenvalue weighted by Gasteiger charge is -2.12. The number of carbonyl (C=O) groups is 1. The third-order valence-electron chi connectivity index (χ3n) is 2.06. The van der Waals surface area contributed by atoms with E-state index >= 15 is 0 Å². The summed E-state index contributed by atoms with van der Waals surface area (Å²) >= 11 is 0. The first kappa shape index (κ1) is 11.4. The molecule has 0 aromatic carbocycles. The number of hydrogen-bond donors (Lipinski definition) is 2. The Kier molecular flexibility index (Phi) is 3.60. The smallest absolute Gasteiger partial charge is 0.354 e. The van der Waals surface area contributed by atoms with Crippen LogP contribution in [0.15, 0.2) is 6.07 Å². The van der Waals surface area contributed by atoms with Gasteiger partial charge in [0, 0.05) is 12.1 Å². The molecule has 1 unspecified atom stereocenters. The van der Waals surface area contributed by atoms with Crippen molar-refractivity contribution in [3.8, 4) is 0 Å². The molecule has 1 heterocycles. The lowest BCUT2D eigenvalue weighted by molar-refractivity contribution is 0.0690. The first-order valence-electron chi connectivity index (χ1n) is 4.88. The number of aromatic nitrogens is 2. The van der Waals surface area contributed by atoms with Crippen molar-refractivity contribution in [2.24, 2.45) is 0 Å². The Hall–Kier alpha value is -1.65. The van der Waals surface area contributed by atoms with Crippen molar-refractivity contribution >= 4 is 11.8 Å². The number of hydrogen-bond acceptors (Lipinski definition) is 4. The Morgan fingerprint density at radius 2 is 2.27 bits per heavy atom. The van der Waals surface area contributed by atoms with Crippen LogP contribution >= 0.6 is 0 Å². The molecule has 82 valence electrons. The fraction of sp³-hybridized carbons (Fsp3) is 0.500. The number of carboxylic acids is 1. The summed E-state index contributed by atoms with van der Waals surface area (Å²) in [6, 6.07) is 1.71. The zero-order chi connectivity index (χ0) is 11.4. The van der Waals surface area contributed by atoms with E-state index in [0.717, 1.165) is 6.42 Å². The molecule has 5 nitrogen and oxygen atoms in total. The second-order valence-electron chi connectivity index (χ2n) is 3.44. The van der Waals surface area contributed by atoms with Crippen molar-refractivity contribution in [1.29, 1.82) is 0 Å². The third kappa shape index (κ3) is 3.19. The summed E-state index contributed by atoms with van der Waals surface area (Å²) in [7, 11) is 0. The number of anilines is 1. The summed E-state index contributed by atoms with van der Waals surface area (Å²) in [4.78, 5) is 18.7. The van der Waals surface area contributed by atoms with Gasteiger partial charge < -0.3 is 10.4 Å². The van der Waals surface area contributed by atoms with Crippen LogP contribution in [-0.2, 0) is 0 Å². The van der Waals surface area contributed by atoms with Gasteiger partial charge in [-0.2, -0.15) is 0 Å². The van der Waals surface area contributed by atoms with Gasteiger partial charge in [0.2, 0.25) is 0 Å². The minimum Gasteiger partial charge on any atom is -0.477 e. The van der Waals surface area contributed by atoms with Gasteiger partial charge in [-0.15, -0.1) is 0 Å². The standard InChI is InChI=1S/C10H15N3O2/c1-4-6(2)11-9-5-8(10(14)15)12-7(3)13-9/h5-6H,4H2,1-3H3,(H,14,15)(H,11,12,13). The highest BCUT2D eigenvalue weighted by Crippen LogP contribution is 2.09. The lowest BCUT2D eigenvalue weighted by Crippen LogP contribution is -2.16. The molecule has 1 aromatic heterocycles. The fourth-order valence-corrected chi connectivity index (χ4v) is 1.11. The lowest BCUT2D eigenvalue weighted by atomic mass is 10.2. The van der Waals surface area contributed by atoms with E-state index in [-0.39, 0.29) is 11.7 Å². The summed E-state index contributed by atoms with van der Waals surface area (Å²) in [6.45, 7) is 5.73. The molecule has 0 aliphatic carbocycles. The van der Waals surface area contributed by atoms with Crippen molar-refractivity contribution in [2.75, 3.05) is 5.32 Å². The maximum Gasteiger partial charge on any atom is 0.354 e. The van der Waals surface area contributed by atoms with Gasteiger partial charge in [-0.05, 0) is 20.3 Å². The van der Waals surface area contributed by atoms with Gasteiger partial charge >= 0.3 is 5.97 Å². The molecular weight excluding hydrogens is 194 g/mol. The predicted molar refractivity (Wildman–Crippen MR) is 57.1 cm³/mol. The molecule has 0 spiro atoms. The Morgan fingerprint density at radius 3 is 2.80 bits per heavy atom. The topological polar surface area (TPSA) is 75.1 Å². The molecular formula is C10H15N3O2. The summed E-state index contributed by atoms with van der Waals surface area (Å²) < 4.78 is 0. The van der Waals surface area contributed by atoms with Crippen LogP contribution in [-0.4, -0.2) is 27.1 Å². The average Bonchev–Trinajstić information content (AvgIpc) is 2.16. The number of rotatable bonds is 4. The molecule has 0 aliphatic rings. The number of nitrogens with one attached hydrogen (secondary N) is 1. The predicted octanol–water partition coefficient (Wildman–Crippen LogP) is 1.69. The van der Waals surface area contributed by atoms with Crippen LogP contribution in [0.4, 0.5) is 5.82 Å². The molecule has 0 radical (unpaired) electrons. The molecule has 0 saturated carbocycles. The Balaban J connectivity index is 2.93. The summed E-state index contributed by atoms with van der Waals surface area (Å²) in [5.41, 5.74) is 0.0216. The van der Waals surface area contributed by atoms with Crippen LogP contribution in [0.3, 0.4) is 0 Å². The molecule has 0 bridgehead atoms. The number of carboxylic acid groups (broad SMARTS) is 1. The van der Waals surface area contributed by atoms with Gasteiger partial charge in [0.05, 0.1) is 0 Å². The SMILES string of the molecule is CCC(C)Nc1cc(C(=O)O)nc(C)n1. The van der Waals surface area contributed by atoms with E-state index in [4.69, 9.17) is 5.11 Å². The van der Waals surface area contributed by atoms with Crippen LogP contribution in [0.25, 0.3) is 0 Å². The average molecular weight is 209 g/mol. The Labute approximate surface area is 88.6 Å². The number of nitrogens with zero attached hydrogens (tertiary/aromatic N) is 2. The van der Waals surface area contributed by atoms with Crippen molar-refractivity contribution in [1.82, 2.24) is 9.97 Å². The Bertz CT molecular complexity index is 366. The fourth-order valence-electron chi connectivity index (χ4n) is 1.11. The van der Waals surface area contributed by atoms with Crippen LogP contribution in [0.2, 0.25) is 0 Å². The summed E-state index contributed by atoms with van der Waals surface area (Å²) in [6.07, 6.45) is 0.950. The molecule has 1 rings (SSSR count). The van der Waals surface area contributed by atoms with E-state index in [0.29, 0.717) is 11.6 Å². The molecule has 0 aliphatic heterocycles. The second kappa shape index (κ2) is 4.72. The molecule has 0 amide bonds. The maximum absolute atomic E-state index is 10.7. The number of aromatic carboxylic acids is 1. The van der Waals surface area contributed by atoms with Gasteiger partial charge in [0.25, 0.3) is 0 Å². The first-order chi connectivity index (χ1) is 7.02. The zero-order valence-electron chi connectivity index (χ0n) is 9.11. The van der Waals surface area contributed by atoms with E-state index in [9.17, 15) is 4.79 Å². The van der Waals surface area contributed by atoms with E-state index in [1.807, 2.05) is 13.8 Å². The monoisotopic (exact) mass is 209 g/mol. The highest BCUT2D eigenvalue weighted by Gasteiger charge is 2.09. The molecule has 1 atom stereocenters. The molecule has 2 N–H and O–H groups in total. The number of aryl methyl sites for hydroxylation is 1. The summed E-state index contributed by atoms with van der Waals surface area (Å²) in [5.74, 6) is -0.0114. The molecule has 0 fully saturated rings. The highest BCUT2D eigenvalue weighted by atomic mass is 16.4. The normalized spacial score (nSPS) is 12.2. The zero-order valence-corrected chi connectivity index (χ0v) is 9.11. The van der Waals surface area contributed by atoms with Crippen molar-refractivity contribution in [3.63, 3.8) is 0 Å². The van der Waals surface area contributed by atoms with Crippen molar-refractivity contribution in [2.45, 2.75) is 33.2 Å². The van der Waals surface area contributed by atoms with Gasteiger partial charge in [0.1, 0.15) is 11.6 Å². The largest absolute Gasteiger partial charge is 0.477 e. The molecule has 15 heavy (non-hydrogen) atoms. The van der Waals surface area contributed by atoms with E-state index < -0.39 is 5.97 Å². The minimum absolute atomic E-state index is 0.0216. The van der Waals surface area contributed by atoms with Crippen LogP contribution in [0, 0.1) is 6.92 Å². The van der Waals surface area contributed by atoms with Crippen LogP contribution < -0.4 is 5.32 Å². The molecule has 1 aromatic rings. The van der Waals surface area contributed by atoms with Crippen molar-refractivity contribution in [3.05, 3.63) is 17.6 Å². The van der Waals surface area contributed by atoms with E-state index in [1.54, 1.807) is 6.92 Å². The van der Waals surface area contributed by atoms with Crippen molar-refractivity contribution < 1.29 is 9.90 Å². The molecule has 0 saturated heterocycles. The van der Waals surface area contributed by atoms with Gasteiger partial charge in [-0.3, -0.25) is 0 Å². The van der Waals surface area contributed by atoms with Crippen LogP contribution in [0.5, 0.6) is 0 Å². The van der Waals surface area contributed by atoms with Gasteiger partial charge in [-0.25, -0.2) is 14.8 Å². The maximum atomic E-state index is 10.7. The minimum atomic E-state index is -1.03. The Morgan fingerprint density at radius 1 is 1.60 bits per heavy atom. The van der Waals surface area contributed by atoms with Gasteiger partial charge in [0.15, 0.2) is 5.69 Å². The first-order valence-corrected chi connectivity index (χ1v) is 4.88. The second-order valence-corrected chi connectivity index (χ2v) is 3.44. The third-order valence-corrected chi connectivity index (χ3v) is 2.06. The highest BCUT2D eigenvalue weighted by molar-refractivity contribution is 5.86. The molecule has 5 heteroatoms. The van der Waals surface area contributed by atoms with E-state index in [2.05, 4.69) is 15.3 Å².